The molecule has 0 aromatic heterocycles. The normalized spacial score (nSPS) is 10.3. The average molecular weight is 270 g/mol. The van der Waals surface area contributed by atoms with E-state index < -0.39 is 0 Å². The Bertz CT molecular complexity index is 559. The first kappa shape index (κ1) is 14.1. The predicted molar refractivity (Wildman–Crippen MR) is 78.4 cm³/mol. The smallest absolute Gasteiger partial charge is 0.150 e. The zero-order valence-electron chi connectivity index (χ0n) is 11.7. The maximum atomic E-state index is 10.7. The Kier molecular flexibility index (Phi) is 4.77. The molecular formula is C17H18O3. The van der Waals surface area contributed by atoms with Crippen molar-refractivity contribution in [2.24, 2.45) is 0 Å². The van der Waals surface area contributed by atoms with Crippen molar-refractivity contribution in [2.75, 3.05) is 0 Å². The van der Waals surface area contributed by atoms with Gasteiger partial charge in [-0.2, -0.15) is 0 Å². The Hall–Kier alpha value is -2.29. The Morgan fingerprint density at radius 2 is 1.80 bits per heavy atom. The van der Waals surface area contributed by atoms with Crippen LogP contribution in [0.5, 0.6) is 11.5 Å². The van der Waals surface area contributed by atoms with E-state index in [2.05, 4.69) is 0 Å². The lowest BCUT2D eigenvalue weighted by Crippen LogP contribution is -2.05. The molecule has 3 nitrogen and oxygen atoms in total. The monoisotopic (exact) mass is 270 g/mol. The van der Waals surface area contributed by atoms with Crippen LogP contribution >= 0.6 is 0 Å². The van der Waals surface area contributed by atoms with Crippen LogP contribution in [0.15, 0.2) is 48.5 Å². The summed E-state index contributed by atoms with van der Waals surface area (Å²) in [7, 11) is 0. The molecule has 20 heavy (non-hydrogen) atoms. The fourth-order valence-electron chi connectivity index (χ4n) is 1.78. The standard InChI is InChI=1S/C17H18O3/c1-13(2)20-16-8-6-14(7-9-16)12-19-17-5-3-4-15(10-17)11-18/h3-11,13H,12H2,1-2H3. The second-order valence-corrected chi connectivity index (χ2v) is 4.79. The van der Waals surface area contributed by atoms with Gasteiger partial charge in [0, 0.05) is 5.56 Å². The molecule has 0 N–H and O–H groups in total. The molecule has 0 aliphatic carbocycles. The minimum Gasteiger partial charge on any atom is -0.491 e. The van der Waals surface area contributed by atoms with Crippen molar-refractivity contribution in [1.82, 2.24) is 0 Å². The topological polar surface area (TPSA) is 35.5 Å². The van der Waals surface area contributed by atoms with E-state index >= 15 is 0 Å². The predicted octanol–water partition coefficient (Wildman–Crippen LogP) is 3.87. The maximum absolute atomic E-state index is 10.7. The summed E-state index contributed by atoms with van der Waals surface area (Å²) in [6.45, 7) is 4.46. The number of benzene rings is 2. The van der Waals surface area contributed by atoms with Crippen LogP contribution in [-0.4, -0.2) is 12.4 Å². The Labute approximate surface area is 119 Å². The van der Waals surface area contributed by atoms with E-state index in [1.54, 1.807) is 18.2 Å². The van der Waals surface area contributed by atoms with Crippen LogP contribution in [0, 0.1) is 0 Å². The lowest BCUT2D eigenvalue weighted by Gasteiger charge is -2.10. The van der Waals surface area contributed by atoms with E-state index in [0.29, 0.717) is 17.9 Å². The number of carbonyl (C=O) groups is 1. The highest BCUT2D eigenvalue weighted by molar-refractivity contribution is 5.75. The summed E-state index contributed by atoms with van der Waals surface area (Å²) in [4.78, 5) is 10.7. The summed E-state index contributed by atoms with van der Waals surface area (Å²) in [6, 6.07) is 14.9. The molecule has 0 amide bonds. The fraction of sp³-hybridized carbons (Fsp3) is 0.235. The first-order chi connectivity index (χ1) is 9.67. The van der Waals surface area contributed by atoms with Gasteiger partial charge in [-0.25, -0.2) is 0 Å². The summed E-state index contributed by atoms with van der Waals surface area (Å²) in [5, 5.41) is 0. The Morgan fingerprint density at radius 1 is 1.05 bits per heavy atom. The van der Waals surface area contributed by atoms with Gasteiger partial charge >= 0.3 is 0 Å². The highest BCUT2D eigenvalue weighted by atomic mass is 16.5. The maximum Gasteiger partial charge on any atom is 0.150 e. The zero-order valence-corrected chi connectivity index (χ0v) is 11.7. The highest BCUT2D eigenvalue weighted by Gasteiger charge is 2.00. The van der Waals surface area contributed by atoms with Gasteiger partial charge in [0.05, 0.1) is 6.10 Å². The largest absolute Gasteiger partial charge is 0.491 e. The first-order valence-electron chi connectivity index (χ1n) is 6.61. The van der Waals surface area contributed by atoms with Crippen molar-refractivity contribution in [3.05, 3.63) is 59.7 Å². The molecule has 2 aromatic rings. The molecule has 0 aliphatic rings. The van der Waals surface area contributed by atoms with E-state index in [0.717, 1.165) is 17.6 Å². The summed E-state index contributed by atoms with van der Waals surface area (Å²) in [5.41, 5.74) is 1.67. The lowest BCUT2D eigenvalue weighted by atomic mass is 10.2. The van der Waals surface area contributed by atoms with Gasteiger partial charge in [-0.3, -0.25) is 4.79 Å². The quantitative estimate of drug-likeness (QED) is 0.748. The van der Waals surface area contributed by atoms with E-state index in [9.17, 15) is 4.79 Å². The zero-order chi connectivity index (χ0) is 14.4. The van der Waals surface area contributed by atoms with Gasteiger partial charge in [0.1, 0.15) is 24.4 Å². The van der Waals surface area contributed by atoms with E-state index in [-0.39, 0.29) is 6.10 Å². The van der Waals surface area contributed by atoms with E-state index in [1.807, 2.05) is 44.2 Å². The molecule has 0 radical (unpaired) electrons. The van der Waals surface area contributed by atoms with Crippen molar-refractivity contribution in [2.45, 2.75) is 26.6 Å². The number of hydrogen-bond donors (Lipinski definition) is 0. The number of ether oxygens (including phenoxy) is 2. The first-order valence-corrected chi connectivity index (χ1v) is 6.61. The molecule has 0 saturated heterocycles. The lowest BCUT2D eigenvalue weighted by molar-refractivity contribution is 0.112. The van der Waals surface area contributed by atoms with Gasteiger partial charge in [-0.1, -0.05) is 24.3 Å². The molecule has 0 fully saturated rings. The molecule has 0 aliphatic heterocycles. The minimum atomic E-state index is 0.170. The fourth-order valence-corrected chi connectivity index (χ4v) is 1.78. The SMILES string of the molecule is CC(C)Oc1ccc(COc2cccc(C=O)c2)cc1. The van der Waals surface area contributed by atoms with Gasteiger partial charge in [0.15, 0.2) is 0 Å². The Balaban J connectivity index is 1.94. The molecule has 0 saturated carbocycles. The average Bonchev–Trinajstić information content (AvgIpc) is 2.46. The second-order valence-electron chi connectivity index (χ2n) is 4.79. The van der Waals surface area contributed by atoms with Crippen molar-refractivity contribution >= 4 is 6.29 Å². The molecule has 0 unspecified atom stereocenters. The molecular weight excluding hydrogens is 252 g/mol. The molecule has 104 valence electrons. The number of hydrogen-bond acceptors (Lipinski definition) is 3. The number of rotatable bonds is 6. The van der Waals surface area contributed by atoms with Gasteiger partial charge in [-0.05, 0) is 43.7 Å². The molecule has 0 bridgehead atoms. The van der Waals surface area contributed by atoms with E-state index in [1.165, 1.54) is 0 Å². The molecule has 2 aromatic carbocycles. The molecule has 3 heteroatoms. The van der Waals surface area contributed by atoms with Crippen LogP contribution in [0.2, 0.25) is 0 Å². The van der Waals surface area contributed by atoms with Crippen molar-refractivity contribution < 1.29 is 14.3 Å². The van der Waals surface area contributed by atoms with Gasteiger partial charge in [0.2, 0.25) is 0 Å². The summed E-state index contributed by atoms with van der Waals surface area (Å²) in [5.74, 6) is 1.55. The third-order valence-electron chi connectivity index (χ3n) is 2.69. The molecule has 0 atom stereocenters. The van der Waals surface area contributed by atoms with Crippen LogP contribution in [0.1, 0.15) is 29.8 Å². The molecule has 0 spiro atoms. The third-order valence-corrected chi connectivity index (χ3v) is 2.69. The summed E-state index contributed by atoms with van der Waals surface area (Å²) in [6.07, 6.45) is 0.980. The van der Waals surface area contributed by atoms with Crippen LogP contribution < -0.4 is 9.47 Å². The number of carbonyl (C=O) groups excluding carboxylic acids is 1. The molecule has 2 rings (SSSR count). The van der Waals surface area contributed by atoms with Gasteiger partial charge in [0.25, 0.3) is 0 Å². The van der Waals surface area contributed by atoms with Crippen LogP contribution in [0.3, 0.4) is 0 Å². The second kappa shape index (κ2) is 6.75. The third kappa shape index (κ3) is 4.12. The van der Waals surface area contributed by atoms with Crippen LogP contribution in [0.25, 0.3) is 0 Å². The van der Waals surface area contributed by atoms with Crippen LogP contribution in [0.4, 0.5) is 0 Å². The Morgan fingerprint density at radius 3 is 2.45 bits per heavy atom. The summed E-state index contributed by atoms with van der Waals surface area (Å²) < 4.78 is 11.2. The van der Waals surface area contributed by atoms with Crippen molar-refractivity contribution in [3.8, 4) is 11.5 Å². The number of aldehydes is 1. The van der Waals surface area contributed by atoms with Crippen molar-refractivity contribution in [1.29, 1.82) is 0 Å². The highest BCUT2D eigenvalue weighted by Crippen LogP contribution is 2.17. The van der Waals surface area contributed by atoms with Gasteiger partial charge in [-0.15, -0.1) is 0 Å². The summed E-state index contributed by atoms with van der Waals surface area (Å²) >= 11 is 0. The molecule has 0 heterocycles. The van der Waals surface area contributed by atoms with E-state index in [4.69, 9.17) is 9.47 Å². The van der Waals surface area contributed by atoms with Gasteiger partial charge < -0.3 is 9.47 Å². The van der Waals surface area contributed by atoms with Crippen molar-refractivity contribution in [3.63, 3.8) is 0 Å². The van der Waals surface area contributed by atoms with Crippen LogP contribution in [-0.2, 0) is 6.61 Å². The minimum absolute atomic E-state index is 0.170.